The van der Waals surface area contributed by atoms with Crippen molar-refractivity contribution in [3.05, 3.63) is 29.3 Å². The van der Waals surface area contributed by atoms with Gasteiger partial charge < -0.3 is 15.4 Å². The zero-order chi connectivity index (χ0) is 20.8. The first-order chi connectivity index (χ1) is 13.7. The molecule has 0 aliphatic heterocycles. The van der Waals surface area contributed by atoms with Crippen LogP contribution in [-0.2, 0) is 16.0 Å². The van der Waals surface area contributed by atoms with Crippen LogP contribution in [0.2, 0.25) is 0 Å². The van der Waals surface area contributed by atoms with Gasteiger partial charge in [0.05, 0.1) is 0 Å². The smallest absolute Gasteiger partial charge is 0.408 e. The molecule has 0 unspecified atom stereocenters. The van der Waals surface area contributed by atoms with Gasteiger partial charge in [-0.25, -0.2) is 4.79 Å². The molecule has 2 saturated carbocycles. The standard InChI is InChI=1S/C23H30N2O4.2H2/c1-23(2,3)29-22(28)25-20(19(13-4-5-13)14-6-7-14)21(27)24-16-9-10-17-15(12-16)8-11-18(17)26;;/h9-10,12-14,19-20H,4-8,11H2,1-3H3,(H,24,27)(H,25,28);2*1H/t20-;;/m0../s1. The van der Waals surface area contributed by atoms with Crippen molar-refractivity contribution in [3.63, 3.8) is 0 Å². The number of ketones is 1. The molecule has 1 aromatic rings. The van der Waals surface area contributed by atoms with Crippen molar-refractivity contribution in [1.82, 2.24) is 5.32 Å². The Kier molecular flexibility index (Phi) is 5.13. The fourth-order valence-corrected chi connectivity index (χ4v) is 4.42. The summed E-state index contributed by atoms with van der Waals surface area (Å²) in [4.78, 5) is 37.5. The third-order valence-corrected chi connectivity index (χ3v) is 5.97. The molecule has 0 aromatic heterocycles. The Morgan fingerprint density at radius 3 is 2.34 bits per heavy atom. The second-order valence-electron chi connectivity index (χ2n) is 9.66. The zero-order valence-corrected chi connectivity index (χ0v) is 17.4. The second kappa shape index (κ2) is 7.47. The van der Waals surface area contributed by atoms with E-state index in [2.05, 4.69) is 10.6 Å². The van der Waals surface area contributed by atoms with E-state index in [1.54, 1.807) is 12.1 Å². The van der Waals surface area contributed by atoms with Gasteiger partial charge in [0, 0.05) is 20.5 Å². The molecule has 3 aliphatic rings. The molecular formula is C23H34N2O4. The molecular weight excluding hydrogens is 368 g/mol. The summed E-state index contributed by atoms with van der Waals surface area (Å²) in [5, 5.41) is 5.85. The summed E-state index contributed by atoms with van der Waals surface area (Å²) < 4.78 is 5.42. The van der Waals surface area contributed by atoms with Gasteiger partial charge in [-0.15, -0.1) is 0 Å². The Labute approximate surface area is 174 Å². The van der Waals surface area contributed by atoms with Crippen LogP contribution in [0.5, 0.6) is 0 Å². The molecule has 0 radical (unpaired) electrons. The van der Waals surface area contributed by atoms with Crippen LogP contribution in [-0.4, -0.2) is 29.4 Å². The number of carbonyl (C=O) groups excluding carboxylic acids is 3. The van der Waals surface area contributed by atoms with Crippen molar-refractivity contribution in [2.24, 2.45) is 17.8 Å². The van der Waals surface area contributed by atoms with E-state index in [0.717, 1.165) is 36.8 Å². The quantitative estimate of drug-likeness (QED) is 0.730. The van der Waals surface area contributed by atoms with Crippen molar-refractivity contribution < 1.29 is 22.0 Å². The van der Waals surface area contributed by atoms with Crippen molar-refractivity contribution >= 4 is 23.5 Å². The highest BCUT2D eigenvalue weighted by molar-refractivity contribution is 6.02. The van der Waals surface area contributed by atoms with Crippen LogP contribution in [0.3, 0.4) is 0 Å². The van der Waals surface area contributed by atoms with Gasteiger partial charge in [0.2, 0.25) is 5.91 Å². The van der Waals surface area contributed by atoms with Crippen LogP contribution in [0.15, 0.2) is 18.2 Å². The van der Waals surface area contributed by atoms with Crippen molar-refractivity contribution in [2.45, 2.75) is 70.9 Å². The molecule has 3 aliphatic carbocycles. The van der Waals surface area contributed by atoms with Crippen molar-refractivity contribution in [3.8, 4) is 0 Å². The number of nitrogens with one attached hydrogen (secondary N) is 2. The summed E-state index contributed by atoms with van der Waals surface area (Å²) in [5.74, 6) is 1.09. The number of aryl methyl sites for hydroxylation is 1. The van der Waals surface area contributed by atoms with Crippen LogP contribution in [0.25, 0.3) is 0 Å². The lowest BCUT2D eigenvalue weighted by atomic mass is 9.88. The molecule has 0 saturated heterocycles. The SMILES string of the molecule is CC(C)(C)OC(=O)N[C@H](C(=O)Nc1ccc2c(c1)CCC2=O)C(C1CC1)C1CC1.[HH].[HH]. The molecule has 0 spiro atoms. The van der Waals surface area contributed by atoms with Gasteiger partial charge in [-0.2, -0.15) is 0 Å². The molecule has 2 N–H and O–H groups in total. The van der Waals surface area contributed by atoms with Crippen LogP contribution in [0, 0.1) is 17.8 Å². The molecule has 160 valence electrons. The van der Waals surface area contributed by atoms with E-state index < -0.39 is 17.7 Å². The lowest BCUT2D eigenvalue weighted by Crippen LogP contribution is -2.51. The Morgan fingerprint density at radius 1 is 1.10 bits per heavy atom. The maximum absolute atomic E-state index is 13.2. The van der Waals surface area contributed by atoms with Crippen LogP contribution in [0.4, 0.5) is 10.5 Å². The maximum Gasteiger partial charge on any atom is 0.408 e. The van der Waals surface area contributed by atoms with Gasteiger partial charge in [-0.3, -0.25) is 9.59 Å². The van der Waals surface area contributed by atoms with E-state index >= 15 is 0 Å². The Balaban J connectivity index is 0.00000171. The normalized spacial score (nSPS) is 19.7. The van der Waals surface area contributed by atoms with Gasteiger partial charge in [-0.05, 0) is 94.4 Å². The van der Waals surface area contributed by atoms with E-state index in [-0.39, 0.29) is 20.5 Å². The lowest BCUT2D eigenvalue weighted by Gasteiger charge is -2.29. The first kappa shape index (κ1) is 19.9. The van der Waals surface area contributed by atoms with Gasteiger partial charge in [0.25, 0.3) is 0 Å². The topological polar surface area (TPSA) is 84.5 Å². The van der Waals surface area contributed by atoms with Gasteiger partial charge >= 0.3 is 6.09 Å². The predicted molar refractivity (Wildman–Crippen MR) is 114 cm³/mol. The average Bonchev–Trinajstić information content (AvgIpc) is 3.54. The summed E-state index contributed by atoms with van der Waals surface area (Å²) in [7, 11) is 0. The first-order valence-corrected chi connectivity index (χ1v) is 10.7. The number of Topliss-reactive ketones (excluding diaryl/α,β-unsaturated/α-hetero) is 1. The second-order valence-corrected chi connectivity index (χ2v) is 9.66. The van der Waals surface area contributed by atoms with Crippen LogP contribution < -0.4 is 10.6 Å². The third kappa shape index (κ3) is 4.80. The average molecular weight is 403 g/mol. The van der Waals surface area contributed by atoms with E-state index in [4.69, 9.17) is 4.74 Å². The number of hydrogen-bond acceptors (Lipinski definition) is 4. The number of rotatable bonds is 6. The van der Waals surface area contributed by atoms with E-state index in [0.29, 0.717) is 30.4 Å². The Hall–Kier alpha value is -2.37. The summed E-state index contributed by atoms with van der Waals surface area (Å²) in [6.07, 6.45) is 5.14. The number of carbonyl (C=O) groups is 3. The largest absolute Gasteiger partial charge is 0.444 e. The van der Waals surface area contributed by atoms with E-state index in [1.165, 1.54) is 0 Å². The molecule has 6 nitrogen and oxygen atoms in total. The fraction of sp³-hybridized carbons (Fsp3) is 0.609. The molecule has 1 aromatic carbocycles. The van der Waals surface area contributed by atoms with E-state index in [9.17, 15) is 14.4 Å². The number of alkyl carbamates (subject to hydrolysis) is 1. The highest BCUT2D eigenvalue weighted by Gasteiger charge is 2.48. The van der Waals surface area contributed by atoms with Crippen molar-refractivity contribution in [1.29, 1.82) is 0 Å². The highest BCUT2D eigenvalue weighted by atomic mass is 16.6. The predicted octanol–water partition coefficient (Wildman–Crippen LogP) is 4.58. The molecule has 1 atom stereocenters. The Morgan fingerprint density at radius 2 is 1.76 bits per heavy atom. The third-order valence-electron chi connectivity index (χ3n) is 5.97. The number of benzene rings is 1. The van der Waals surface area contributed by atoms with Gasteiger partial charge in [0.15, 0.2) is 5.78 Å². The van der Waals surface area contributed by atoms with Gasteiger partial charge in [0.1, 0.15) is 11.6 Å². The number of anilines is 1. The van der Waals surface area contributed by atoms with Crippen molar-refractivity contribution in [2.75, 3.05) is 5.32 Å². The molecule has 2 amide bonds. The molecule has 0 heterocycles. The first-order valence-electron chi connectivity index (χ1n) is 10.7. The molecule has 0 bridgehead atoms. The minimum Gasteiger partial charge on any atom is -0.444 e. The lowest BCUT2D eigenvalue weighted by molar-refractivity contribution is -0.120. The molecule has 6 heteroatoms. The van der Waals surface area contributed by atoms with E-state index in [1.807, 2.05) is 26.8 Å². The number of fused-ring (bicyclic) bond motifs is 1. The van der Waals surface area contributed by atoms with Crippen LogP contribution in [0.1, 0.15) is 71.7 Å². The monoisotopic (exact) mass is 402 g/mol. The highest BCUT2D eigenvalue weighted by Crippen LogP contribution is 2.51. The fourth-order valence-electron chi connectivity index (χ4n) is 4.42. The summed E-state index contributed by atoms with van der Waals surface area (Å²) >= 11 is 0. The number of hydrogen-bond donors (Lipinski definition) is 2. The number of ether oxygens (including phenoxy) is 1. The van der Waals surface area contributed by atoms with Crippen LogP contribution >= 0.6 is 0 Å². The molecule has 2 fully saturated rings. The minimum atomic E-state index is -0.619. The summed E-state index contributed by atoms with van der Waals surface area (Å²) in [5.41, 5.74) is 1.78. The molecule has 4 rings (SSSR count). The van der Waals surface area contributed by atoms with Gasteiger partial charge in [-0.1, -0.05) is 0 Å². The Bertz CT molecular complexity index is 832. The number of amides is 2. The summed E-state index contributed by atoms with van der Waals surface area (Å²) in [6, 6.07) is 4.83. The maximum atomic E-state index is 13.2. The summed E-state index contributed by atoms with van der Waals surface area (Å²) in [6.45, 7) is 5.44. The molecule has 29 heavy (non-hydrogen) atoms. The zero-order valence-electron chi connectivity index (χ0n) is 17.4. The minimum absolute atomic E-state index is 0.